The fourth-order valence-corrected chi connectivity index (χ4v) is 2.29. The van der Waals surface area contributed by atoms with Crippen LogP contribution in [0, 0.1) is 0 Å². The summed E-state index contributed by atoms with van der Waals surface area (Å²) in [5.74, 6) is -0.995. The van der Waals surface area contributed by atoms with E-state index in [1.807, 2.05) is 12.2 Å². The van der Waals surface area contributed by atoms with Gasteiger partial charge in [0.2, 0.25) is 0 Å². The first kappa shape index (κ1) is 12.9. The van der Waals surface area contributed by atoms with Crippen LogP contribution in [0.25, 0.3) is 0 Å². The predicted molar refractivity (Wildman–Crippen MR) is 64.2 cm³/mol. The second-order valence-electron chi connectivity index (χ2n) is 4.74. The lowest BCUT2D eigenvalue weighted by Gasteiger charge is -2.34. The summed E-state index contributed by atoms with van der Waals surface area (Å²) in [4.78, 5) is 23.2. The average Bonchev–Trinajstić information content (AvgIpc) is 2.82. The van der Waals surface area contributed by atoms with Crippen molar-refractivity contribution in [2.75, 3.05) is 13.2 Å². The summed E-state index contributed by atoms with van der Waals surface area (Å²) >= 11 is 0. The molecule has 0 aromatic heterocycles. The Bertz CT molecular complexity index is 353. The van der Waals surface area contributed by atoms with Gasteiger partial charge in [-0.3, -0.25) is 0 Å². The molecule has 3 N–H and O–H groups in total. The Morgan fingerprint density at radius 3 is 2.39 bits per heavy atom. The summed E-state index contributed by atoms with van der Waals surface area (Å²) < 4.78 is 5.14. The number of aliphatic carboxylic acids is 1. The summed E-state index contributed by atoms with van der Waals surface area (Å²) in [6, 6.07) is -0.330. The lowest BCUT2D eigenvalue weighted by molar-refractivity contribution is -0.148. The first-order valence-corrected chi connectivity index (χ1v) is 6.17. The Labute approximate surface area is 105 Å². The molecule has 0 bridgehead atoms. The summed E-state index contributed by atoms with van der Waals surface area (Å²) in [5, 5.41) is 14.7. The number of ether oxygens (including phenoxy) is 1. The zero-order valence-electron chi connectivity index (χ0n) is 10.1. The summed E-state index contributed by atoms with van der Waals surface area (Å²) in [6.45, 7) is 0.717. The minimum absolute atomic E-state index is 0.0793. The predicted octanol–water partition coefficient (Wildman–Crippen LogP) is 0.638. The van der Waals surface area contributed by atoms with Gasteiger partial charge < -0.3 is 20.5 Å². The van der Waals surface area contributed by atoms with Crippen LogP contribution in [0.3, 0.4) is 0 Å². The van der Waals surface area contributed by atoms with E-state index >= 15 is 0 Å². The smallest absolute Gasteiger partial charge is 0.329 e. The molecule has 100 valence electrons. The number of nitrogens with one attached hydrogen (secondary N) is 2. The van der Waals surface area contributed by atoms with Crippen molar-refractivity contribution in [2.24, 2.45) is 0 Å². The van der Waals surface area contributed by atoms with Crippen LogP contribution in [0.4, 0.5) is 4.79 Å². The van der Waals surface area contributed by atoms with Gasteiger partial charge in [-0.05, 0) is 12.8 Å². The standard InChI is InChI=1S/C12H18N2O4/c15-10(16)12(5-7-18-8-6-12)14-11(17)13-9-3-1-2-4-9/h1-2,9H,3-8H2,(H,15,16)(H2,13,14,17). The highest BCUT2D eigenvalue weighted by atomic mass is 16.5. The largest absolute Gasteiger partial charge is 0.480 e. The molecule has 0 atom stereocenters. The third-order valence-corrected chi connectivity index (χ3v) is 3.45. The Balaban J connectivity index is 1.91. The molecule has 1 aliphatic heterocycles. The van der Waals surface area contributed by atoms with Gasteiger partial charge in [0, 0.05) is 32.1 Å². The van der Waals surface area contributed by atoms with E-state index in [-0.39, 0.29) is 6.04 Å². The number of urea groups is 1. The van der Waals surface area contributed by atoms with E-state index in [1.54, 1.807) is 0 Å². The number of rotatable bonds is 3. The second-order valence-corrected chi connectivity index (χ2v) is 4.74. The van der Waals surface area contributed by atoms with Gasteiger partial charge in [0.25, 0.3) is 0 Å². The molecule has 0 unspecified atom stereocenters. The van der Waals surface area contributed by atoms with E-state index in [1.165, 1.54) is 0 Å². The lowest BCUT2D eigenvalue weighted by Crippen LogP contribution is -2.60. The van der Waals surface area contributed by atoms with Gasteiger partial charge in [0.15, 0.2) is 0 Å². The van der Waals surface area contributed by atoms with Crippen LogP contribution in [0.1, 0.15) is 25.7 Å². The van der Waals surface area contributed by atoms with E-state index in [4.69, 9.17) is 4.74 Å². The number of amides is 2. The van der Waals surface area contributed by atoms with Crippen LogP contribution in [0.15, 0.2) is 12.2 Å². The molecule has 2 aliphatic rings. The summed E-state index contributed by atoms with van der Waals surface area (Å²) in [5.41, 5.74) is -1.19. The van der Waals surface area contributed by atoms with Crippen LogP contribution in [-0.2, 0) is 9.53 Å². The molecular weight excluding hydrogens is 236 g/mol. The van der Waals surface area contributed by atoms with Crippen molar-refractivity contribution >= 4 is 12.0 Å². The summed E-state index contributed by atoms with van der Waals surface area (Å²) in [7, 11) is 0. The number of carbonyl (C=O) groups is 2. The van der Waals surface area contributed by atoms with E-state index in [0.29, 0.717) is 26.1 Å². The molecule has 6 heteroatoms. The van der Waals surface area contributed by atoms with Gasteiger partial charge in [0.1, 0.15) is 5.54 Å². The van der Waals surface area contributed by atoms with Crippen molar-refractivity contribution < 1.29 is 19.4 Å². The van der Waals surface area contributed by atoms with Crippen LogP contribution in [-0.4, -0.2) is 41.9 Å². The molecule has 0 saturated carbocycles. The molecule has 6 nitrogen and oxygen atoms in total. The second kappa shape index (κ2) is 5.39. The lowest BCUT2D eigenvalue weighted by atomic mass is 9.90. The summed E-state index contributed by atoms with van der Waals surface area (Å²) in [6.07, 6.45) is 6.23. The minimum Gasteiger partial charge on any atom is -0.480 e. The zero-order chi connectivity index (χ0) is 13.0. The highest BCUT2D eigenvalue weighted by Crippen LogP contribution is 2.21. The molecular formula is C12H18N2O4. The molecule has 0 aromatic rings. The van der Waals surface area contributed by atoms with E-state index in [2.05, 4.69) is 10.6 Å². The molecule has 1 aliphatic carbocycles. The Morgan fingerprint density at radius 1 is 1.22 bits per heavy atom. The number of hydrogen-bond donors (Lipinski definition) is 3. The highest BCUT2D eigenvalue weighted by molar-refractivity contribution is 5.86. The molecule has 2 rings (SSSR count). The normalized spacial score (nSPS) is 22.7. The van der Waals surface area contributed by atoms with E-state index in [0.717, 1.165) is 12.8 Å². The van der Waals surface area contributed by atoms with E-state index < -0.39 is 17.5 Å². The maximum absolute atomic E-state index is 11.8. The molecule has 1 saturated heterocycles. The van der Waals surface area contributed by atoms with Crippen molar-refractivity contribution in [3.63, 3.8) is 0 Å². The van der Waals surface area contributed by atoms with Gasteiger partial charge in [-0.15, -0.1) is 0 Å². The average molecular weight is 254 g/mol. The fraction of sp³-hybridized carbons (Fsp3) is 0.667. The maximum Gasteiger partial charge on any atom is 0.329 e. The number of hydrogen-bond acceptors (Lipinski definition) is 3. The minimum atomic E-state index is -1.19. The van der Waals surface area contributed by atoms with Crippen LogP contribution >= 0.6 is 0 Å². The first-order valence-electron chi connectivity index (χ1n) is 6.17. The molecule has 0 spiro atoms. The maximum atomic E-state index is 11.8. The van der Waals surface area contributed by atoms with Crippen LogP contribution in [0.5, 0.6) is 0 Å². The zero-order valence-corrected chi connectivity index (χ0v) is 10.1. The Morgan fingerprint density at radius 2 is 1.83 bits per heavy atom. The molecule has 18 heavy (non-hydrogen) atoms. The van der Waals surface area contributed by atoms with Crippen molar-refractivity contribution in [2.45, 2.75) is 37.3 Å². The van der Waals surface area contributed by atoms with Gasteiger partial charge in [0.05, 0.1) is 0 Å². The number of carbonyl (C=O) groups excluding carboxylic acids is 1. The van der Waals surface area contributed by atoms with Crippen molar-refractivity contribution in [1.29, 1.82) is 0 Å². The van der Waals surface area contributed by atoms with Gasteiger partial charge in [-0.1, -0.05) is 12.2 Å². The number of carboxylic acids is 1. The highest BCUT2D eigenvalue weighted by Gasteiger charge is 2.41. The van der Waals surface area contributed by atoms with Gasteiger partial charge in [-0.25, -0.2) is 9.59 Å². The van der Waals surface area contributed by atoms with Crippen LogP contribution < -0.4 is 10.6 Å². The van der Waals surface area contributed by atoms with Crippen molar-refractivity contribution in [3.8, 4) is 0 Å². The first-order chi connectivity index (χ1) is 8.62. The number of carboxylic acid groups (broad SMARTS) is 1. The topological polar surface area (TPSA) is 87.7 Å². The quantitative estimate of drug-likeness (QED) is 0.645. The van der Waals surface area contributed by atoms with Crippen molar-refractivity contribution in [1.82, 2.24) is 10.6 Å². The molecule has 0 aromatic carbocycles. The molecule has 1 heterocycles. The van der Waals surface area contributed by atoms with Crippen molar-refractivity contribution in [3.05, 3.63) is 12.2 Å². The van der Waals surface area contributed by atoms with E-state index in [9.17, 15) is 14.7 Å². The van der Waals surface area contributed by atoms with Gasteiger partial charge in [-0.2, -0.15) is 0 Å². The molecule has 2 amide bonds. The van der Waals surface area contributed by atoms with Gasteiger partial charge >= 0.3 is 12.0 Å². The SMILES string of the molecule is O=C(NC1CC=CC1)NC1(C(=O)O)CCOCC1. The third kappa shape index (κ3) is 2.81. The fourth-order valence-electron chi connectivity index (χ4n) is 2.29. The molecule has 0 radical (unpaired) electrons. The molecule has 1 fully saturated rings. The van der Waals surface area contributed by atoms with Crippen LogP contribution in [0.2, 0.25) is 0 Å². The monoisotopic (exact) mass is 254 g/mol. The third-order valence-electron chi connectivity index (χ3n) is 3.45. The Hall–Kier alpha value is -1.56. The Kier molecular flexibility index (Phi) is 3.86.